The number of alkyl halides is 6. The second-order valence-electron chi connectivity index (χ2n) is 7.14. The standard InChI is InChI=1S/C10H5Cl2.2C7H4F3.Bi/c11-9-6-10(12)8-5-3-1-2-4-7(8)9;2*8-7(9,10)6-4-2-1-3-5-6;/h1-5H;2*2-5H;. The van der Waals surface area contributed by atoms with Gasteiger partial charge in [0.15, 0.2) is 0 Å². The quantitative estimate of drug-likeness (QED) is 0.167. The van der Waals surface area contributed by atoms with E-state index in [1.165, 1.54) is 24.3 Å². The maximum absolute atomic E-state index is 13.1. The van der Waals surface area contributed by atoms with E-state index in [9.17, 15) is 26.3 Å². The average molecular weight is 695 g/mol. The molecule has 170 valence electrons. The monoisotopic (exact) mass is 694 g/mol. The van der Waals surface area contributed by atoms with Gasteiger partial charge in [-0.2, -0.15) is 0 Å². The summed E-state index contributed by atoms with van der Waals surface area (Å²) in [5.41, 5.74) is -0.250. The summed E-state index contributed by atoms with van der Waals surface area (Å²) in [6, 6.07) is 18.4. The Morgan fingerprint density at radius 1 is 0.515 bits per heavy atom. The van der Waals surface area contributed by atoms with E-state index in [2.05, 4.69) is 0 Å². The van der Waals surface area contributed by atoms with Crippen molar-refractivity contribution in [3.05, 3.63) is 100 Å². The number of fused-ring (bicyclic) bond motifs is 1. The van der Waals surface area contributed by atoms with Crippen LogP contribution in [0.15, 0.2) is 78.9 Å². The summed E-state index contributed by atoms with van der Waals surface area (Å²) < 4.78 is 80.4. The number of hydrogen-bond donors (Lipinski definition) is 0. The first-order valence-electron chi connectivity index (χ1n) is 9.49. The second kappa shape index (κ2) is 9.09. The molecule has 0 unspecified atom stereocenters. The van der Waals surface area contributed by atoms with Crippen LogP contribution in [0.3, 0.4) is 0 Å². The minimum absolute atomic E-state index is 0.378. The van der Waals surface area contributed by atoms with Crippen molar-refractivity contribution in [3.8, 4) is 11.1 Å². The molecule has 0 saturated heterocycles. The van der Waals surface area contributed by atoms with E-state index in [1.807, 2.05) is 0 Å². The Kier molecular flexibility index (Phi) is 6.70. The van der Waals surface area contributed by atoms with Gasteiger partial charge in [0.25, 0.3) is 0 Å². The summed E-state index contributed by atoms with van der Waals surface area (Å²) in [7, 11) is 0. The number of hydrogen-bond acceptors (Lipinski definition) is 0. The molecular formula is C24H13BiCl2F6. The fourth-order valence-corrected chi connectivity index (χ4v) is 14.6. The zero-order chi connectivity index (χ0) is 24.0. The minimum atomic E-state index is -4.50. The molecule has 2 aliphatic carbocycles. The maximum atomic E-state index is 13.1. The molecule has 0 nitrogen and oxygen atoms in total. The van der Waals surface area contributed by atoms with E-state index in [0.29, 0.717) is 31.0 Å². The molecule has 0 N–H and O–H groups in total. The SMILES string of the molecule is FC(F)(F)c1cc[c]([Bi]([c]2ccc(C(F)(F)F)cc2)[c]2c(Cl)c3cccccc-3c2Cl)cc1. The van der Waals surface area contributed by atoms with Gasteiger partial charge in [-0.05, 0) is 0 Å². The Balaban J connectivity index is 1.93. The van der Waals surface area contributed by atoms with Crippen molar-refractivity contribution in [2.75, 3.05) is 0 Å². The van der Waals surface area contributed by atoms with Crippen molar-refractivity contribution < 1.29 is 26.3 Å². The van der Waals surface area contributed by atoms with Crippen LogP contribution >= 0.6 is 23.2 Å². The topological polar surface area (TPSA) is 0 Å². The molecule has 0 bridgehead atoms. The first-order chi connectivity index (χ1) is 15.5. The van der Waals surface area contributed by atoms with E-state index in [-0.39, 0.29) is 0 Å². The molecule has 0 spiro atoms. The van der Waals surface area contributed by atoms with E-state index >= 15 is 0 Å². The third-order valence-electron chi connectivity index (χ3n) is 5.06. The Bertz CT molecular complexity index is 1150. The van der Waals surface area contributed by atoms with Crippen molar-refractivity contribution in [3.63, 3.8) is 0 Å². The van der Waals surface area contributed by atoms with E-state index in [1.54, 1.807) is 30.3 Å². The molecule has 0 fully saturated rings. The van der Waals surface area contributed by atoms with Crippen molar-refractivity contribution >= 4 is 54.8 Å². The van der Waals surface area contributed by atoms with Gasteiger partial charge < -0.3 is 0 Å². The molecule has 0 saturated carbocycles. The van der Waals surface area contributed by atoms with Crippen LogP contribution in [0.1, 0.15) is 11.1 Å². The third kappa shape index (κ3) is 4.87. The normalized spacial score (nSPS) is 12.5. The summed E-state index contributed by atoms with van der Waals surface area (Å²) in [5, 5.41) is 0.757. The molecule has 9 heteroatoms. The van der Waals surface area contributed by atoms with Gasteiger partial charge in [-0.1, -0.05) is 0 Å². The Hall–Kier alpha value is -1.82. The van der Waals surface area contributed by atoms with Crippen molar-refractivity contribution in [2.45, 2.75) is 12.4 Å². The predicted molar refractivity (Wildman–Crippen MR) is 121 cm³/mol. The van der Waals surface area contributed by atoms with Crippen molar-refractivity contribution in [1.29, 1.82) is 0 Å². The average Bonchev–Trinajstić information content (AvgIpc) is 2.93. The summed E-state index contributed by atoms with van der Waals surface area (Å²) in [6.45, 7) is 0. The molecule has 0 radical (unpaired) electrons. The summed E-state index contributed by atoms with van der Waals surface area (Å²) in [5.74, 6) is 0. The molecule has 2 aliphatic rings. The zero-order valence-electron chi connectivity index (χ0n) is 16.5. The predicted octanol–water partition coefficient (Wildman–Crippen LogP) is 6.65. The van der Waals surface area contributed by atoms with E-state index in [0.717, 1.165) is 24.3 Å². The number of halogens is 8. The van der Waals surface area contributed by atoms with Crippen LogP contribution in [0.2, 0.25) is 10.0 Å². The van der Waals surface area contributed by atoms with Crippen LogP contribution in [-0.2, 0) is 12.4 Å². The first-order valence-corrected chi connectivity index (χ1v) is 15.5. The second-order valence-corrected chi connectivity index (χ2v) is 16.3. The van der Waals surface area contributed by atoms with Crippen LogP contribution in [0.25, 0.3) is 11.1 Å². The van der Waals surface area contributed by atoms with Crippen LogP contribution in [0, 0.1) is 0 Å². The number of benzene rings is 2. The van der Waals surface area contributed by atoms with Gasteiger partial charge in [0.2, 0.25) is 0 Å². The Morgan fingerprint density at radius 2 is 0.879 bits per heavy atom. The van der Waals surface area contributed by atoms with E-state index in [4.69, 9.17) is 23.2 Å². The molecule has 0 atom stereocenters. The van der Waals surface area contributed by atoms with Crippen LogP contribution in [0.5, 0.6) is 0 Å². The van der Waals surface area contributed by atoms with Gasteiger partial charge in [0.05, 0.1) is 0 Å². The molecule has 4 rings (SSSR count). The molecule has 2 aromatic carbocycles. The zero-order valence-corrected chi connectivity index (χ0v) is 21.5. The molecule has 0 heterocycles. The van der Waals surface area contributed by atoms with Gasteiger partial charge in [0, 0.05) is 0 Å². The summed E-state index contributed by atoms with van der Waals surface area (Å²) >= 11 is 9.96. The molecule has 33 heavy (non-hydrogen) atoms. The molecule has 2 aromatic rings. The summed E-state index contributed by atoms with van der Waals surface area (Å²) in [6.07, 6.45) is -9.01. The van der Waals surface area contributed by atoms with Gasteiger partial charge in [-0.15, -0.1) is 0 Å². The molecule has 0 aliphatic heterocycles. The summed E-state index contributed by atoms with van der Waals surface area (Å²) in [4.78, 5) is 0. The molecular weight excluding hydrogens is 682 g/mol. The van der Waals surface area contributed by atoms with Crippen LogP contribution < -0.4 is 9.81 Å². The fraction of sp³-hybridized carbons (Fsp3) is 0.0833. The molecule has 0 amide bonds. The fourth-order valence-electron chi connectivity index (χ4n) is 3.48. The van der Waals surface area contributed by atoms with E-state index < -0.39 is 45.2 Å². The van der Waals surface area contributed by atoms with Crippen molar-refractivity contribution in [2.24, 2.45) is 0 Å². The third-order valence-corrected chi connectivity index (χ3v) is 16.7. The Labute approximate surface area is 203 Å². The Morgan fingerprint density at radius 3 is 1.21 bits per heavy atom. The number of rotatable bonds is 3. The van der Waals surface area contributed by atoms with Crippen LogP contribution in [-0.4, -0.2) is 21.8 Å². The van der Waals surface area contributed by atoms with Gasteiger partial charge in [-0.25, -0.2) is 0 Å². The van der Waals surface area contributed by atoms with Gasteiger partial charge in [-0.3, -0.25) is 0 Å². The first kappa shape index (κ1) is 24.3. The van der Waals surface area contributed by atoms with Crippen LogP contribution in [0.4, 0.5) is 26.3 Å². The molecule has 0 aromatic heterocycles. The van der Waals surface area contributed by atoms with Gasteiger partial charge >= 0.3 is 205 Å². The van der Waals surface area contributed by atoms with Crippen molar-refractivity contribution in [1.82, 2.24) is 0 Å². The van der Waals surface area contributed by atoms with Gasteiger partial charge in [0.1, 0.15) is 0 Å².